The first kappa shape index (κ1) is 16.7. The number of fused-ring (bicyclic) bond motifs is 1. The van der Waals surface area contributed by atoms with E-state index in [4.69, 9.17) is 0 Å². The largest absolute Gasteiger partial charge is 0.417 e. The van der Waals surface area contributed by atoms with Crippen LogP contribution in [0.2, 0.25) is 0 Å². The minimum absolute atomic E-state index is 0.139. The summed E-state index contributed by atoms with van der Waals surface area (Å²) < 4.78 is 65.3. The Morgan fingerprint density at radius 1 is 1.04 bits per heavy atom. The Balaban J connectivity index is 1.97. The number of aromatic amines is 1. The van der Waals surface area contributed by atoms with Gasteiger partial charge in [0.05, 0.1) is 10.5 Å². The SMILES string of the molecule is O=S(=O)(Nc1ccc(Br)c(C(F)(F)F)c1)c1ccc2n[nH]nc2c1. The first-order chi connectivity index (χ1) is 11.2. The van der Waals surface area contributed by atoms with Gasteiger partial charge in [0.25, 0.3) is 10.0 Å². The number of sulfonamides is 1. The number of H-pyrrole nitrogens is 1. The van der Waals surface area contributed by atoms with E-state index in [2.05, 4.69) is 36.1 Å². The van der Waals surface area contributed by atoms with Crippen LogP contribution in [0.3, 0.4) is 0 Å². The molecule has 0 saturated carbocycles. The maximum absolute atomic E-state index is 12.9. The second-order valence-electron chi connectivity index (χ2n) is 4.77. The van der Waals surface area contributed by atoms with Crippen LogP contribution in [0.15, 0.2) is 45.8 Å². The van der Waals surface area contributed by atoms with Gasteiger partial charge in [-0.2, -0.15) is 28.6 Å². The third-order valence-corrected chi connectivity index (χ3v) is 5.19. The second-order valence-corrected chi connectivity index (χ2v) is 7.31. The molecule has 0 fully saturated rings. The molecule has 0 aliphatic carbocycles. The zero-order valence-corrected chi connectivity index (χ0v) is 14.0. The molecule has 2 N–H and O–H groups in total. The van der Waals surface area contributed by atoms with Gasteiger partial charge in [0.15, 0.2) is 0 Å². The number of aromatic nitrogens is 3. The lowest BCUT2D eigenvalue weighted by Crippen LogP contribution is -2.14. The minimum Gasteiger partial charge on any atom is -0.280 e. The maximum Gasteiger partial charge on any atom is 0.417 e. The molecule has 3 aromatic rings. The maximum atomic E-state index is 12.9. The smallest absolute Gasteiger partial charge is 0.280 e. The van der Waals surface area contributed by atoms with Crippen LogP contribution in [0.5, 0.6) is 0 Å². The lowest BCUT2D eigenvalue weighted by atomic mass is 10.2. The fourth-order valence-corrected chi connectivity index (χ4v) is 3.55. The molecule has 2 aromatic carbocycles. The molecule has 0 saturated heterocycles. The van der Waals surface area contributed by atoms with Crippen molar-refractivity contribution in [1.82, 2.24) is 15.4 Å². The quantitative estimate of drug-likeness (QED) is 0.678. The molecule has 11 heteroatoms. The van der Waals surface area contributed by atoms with Gasteiger partial charge in [0.2, 0.25) is 0 Å². The average molecular weight is 421 g/mol. The van der Waals surface area contributed by atoms with Crippen LogP contribution in [0.25, 0.3) is 11.0 Å². The molecule has 0 spiro atoms. The molecular weight excluding hydrogens is 413 g/mol. The Bertz CT molecular complexity index is 1020. The van der Waals surface area contributed by atoms with Gasteiger partial charge in [-0.15, -0.1) is 0 Å². The van der Waals surface area contributed by atoms with Crippen LogP contribution in [-0.4, -0.2) is 23.8 Å². The van der Waals surface area contributed by atoms with Crippen LogP contribution >= 0.6 is 15.9 Å². The Morgan fingerprint density at radius 2 is 1.75 bits per heavy atom. The van der Waals surface area contributed by atoms with E-state index in [0.29, 0.717) is 11.0 Å². The fraction of sp³-hybridized carbons (Fsp3) is 0.0769. The average Bonchev–Trinajstić information content (AvgIpc) is 2.95. The molecule has 0 bridgehead atoms. The van der Waals surface area contributed by atoms with E-state index < -0.39 is 21.8 Å². The Hall–Kier alpha value is -2.14. The number of hydrogen-bond acceptors (Lipinski definition) is 4. The van der Waals surface area contributed by atoms with Gasteiger partial charge in [-0.05, 0) is 36.4 Å². The summed E-state index contributed by atoms with van der Waals surface area (Å²) in [7, 11) is -4.07. The normalized spacial score (nSPS) is 12.5. The number of rotatable bonds is 3. The van der Waals surface area contributed by atoms with Crippen LogP contribution in [0.1, 0.15) is 5.56 Å². The molecule has 0 amide bonds. The van der Waals surface area contributed by atoms with Crippen LogP contribution in [0.4, 0.5) is 18.9 Å². The minimum atomic E-state index is -4.61. The van der Waals surface area contributed by atoms with Gasteiger partial charge in [0.1, 0.15) is 11.0 Å². The third-order valence-electron chi connectivity index (χ3n) is 3.12. The van der Waals surface area contributed by atoms with Crippen molar-refractivity contribution in [3.05, 3.63) is 46.4 Å². The van der Waals surface area contributed by atoms with Crippen molar-refractivity contribution in [2.45, 2.75) is 11.1 Å². The van der Waals surface area contributed by atoms with Gasteiger partial charge in [-0.3, -0.25) is 4.72 Å². The van der Waals surface area contributed by atoms with Crippen LogP contribution in [-0.2, 0) is 16.2 Å². The molecule has 0 radical (unpaired) electrons. The lowest BCUT2D eigenvalue weighted by Gasteiger charge is -2.13. The summed E-state index contributed by atoms with van der Waals surface area (Å²) in [5.41, 5.74) is -0.387. The number of hydrogen-bond donors (Lipinski definition) is 2. The van der Waals surface area contributed by atoms with Gasteiger partial charge in [-0.1, -0.05) is 15.9 Å². The molecule has 126 valence electrons. The zero-order valence-electron chi connectivity index (χ0n) is 11.6. The highest BCUT2D eigenvalue weighted by Gasteiger charge is 2.33. The summed E-state index contributed by atoms with van der Waals surface area (Å²) in [5, 5.41) is 9.92. The van der Waals surface area contributed by atoms with Gasteiger partial charge in [-0.25, -0.2) is 8.42 Å². The van der Waals surface area contributed by atoms with Gasteiger partial charge < -0.3 is 0 Å². The number of nitrogens with one attached hydrogen (secondary N) is 2. The number of anilines is 1. The Morgan fingerprint density at radius 3 is 2.46 bits per heavy atom. The Kier molecular flexibility index (Phi) is 4.00. The van der Waals surface area contributed by atoms with E-state index in [-0.39, 0.29) is 15.1 Å². The van der Waals surface area contributed by atoms with Crippen molar-refractivity contribution >= 4 is 42.7 Å². The molecule has 0 aliphatic heterocycles. The monoisotopic (exact) mass is 420 g/mol. The number of benzene rings is 2. The highest BCUT2D eigenvalue weighted by molar-refractivity contribution is 9.10. The molecule has 0 aliphatic rings. The first-order valence-corrected chi connectivity index (χ1v) is 8.64. The van der Waals surface area contributed by atoms with Crippen molar-refractivity contribution in [1.29, 1.82) is 0 Å². The summed E-state index contributed by atoms with van der Waals surface area (Å²) in [4.78, 5) is -0.139. The predicted molar refractivity (Wildman–Crippen MR) is 83.8 cm³/mol. The number of halogens is 4. The highest BCUT2D eigenvalue weighted by Crippen LogP contribution is 2.36. The van der Waals surface area contributed by atoms with E-state index in [0.717, 1.165) is 12.1 Å². The lowest BCUT2D eigenvalue weighted by molar-refractivity contribution is -0.138. The van der Waals surface area contributed by atoms with Crippen molar-refractivity contribution in [3.8, 4) is 0 Å². The van der Waals surface area contributed by atoms with Crippen LogP contribution < -0.4 is 4.72 Å². The van der Waals surface area contributed by atoms with Crippen LogP contribution in [0, 0.1) is 0 Å². The van der Waals surface area contributed by atoms with E-state index in [1.807, 2.05) is 0 Å². The van der Waals surface area contributed by atoms with E-state index in [1.165, 1.54) is 24.3 Å². The molecule has 1 heterocycles. The summed E-state index contributed by atoms with van der Waals surface area (Å²) in [5.74, 6) is 0. The summed E-state index contributed by atoms with van der Waals surface area (Å²) in [6.07, 6.45) is -4.61. The topological polar surface area (TPSA) is 87.7 Å². The zero-order chi connectivity index (χ0) is 17.5. The molecule has 24 heavy (non-hydrogen) atoms. The fourth-order valence-electron chi connectivity index (χ4n) is 2.01. The van der Waals surface area contributed by atoms with Gasteiger partial charge >= 0.3 is 6.18 Å². The summed E-state index contributed by atoms with van der Waals surface area (Å²) in [6.45, 7) is 0. The number of nitrogens with zero attached hydrogens (tertiary/aromatic N) is 2. The highest BCUT2D eigenvalue weighted by atomic mass is 79.9. The van der Waals surface area contributed by atoms with Crippen molar-refractivity contribution in [3.63, 3.8) is 0 Å². The second kappa shape index (κ2) is 5.74. The predicted octanol–water partition coefficient (Wildman–Crippen LogP) is 3.54. The Labute approximate surface area is 142 Å². The van der Waals surface area contributed by atoms with E-state index in [9.17, 15) is 21.6 Å². The van der Waals surface area contributed by atoms with Crippen molar-refractivity contribution in [2.24, 2.45) is 0 Å². The molecule has 0 atom stereocenters. The molecular formula is C13H8BrF3N4O2S. The summed E-state index contributed by atoms with van der Waals surface area (Å²) >= 11 is 2.80. The van der Waals surface area contributed by atoms with Gasteiger partial charge in [0, 0.05) is 10.2 Å². The molecule has 0 unspecified atom stereocenters. The van der Waals surface area contributed by atoms with Crippen molar-refractivity contribution < 1.29 is 21.6 Å². The number of alkyl halides is 3. The molecule has 3 rings (SSSR count). The van der Waals surface area contributed by atoms with E-state index in [1.54, 1.807) is 0 Å². The third kappa shape index (κ3) is 3.22. The standard InChI is InChI=1S/C13H8BrF3N4O2S/c14-10-3-1-7(5-9(10)13(15,16)17)20-24(22,23)8-2-4-11-12(6-8)19-21-18-11/h1-6,20H,(H,18,19,21). The molecule has 6 nitrogen and oxygen atoms in total. The van der Waals surface area contributed by atoms with Crippen molar-refractivity contribution in [2.75, 3.05) is 4.72 Å². The summed E-state index contributed by atoms with van der Waals surface area (Å²) in [6, 6.07) is 7.07. The van der Waals surface area contributed by atoms with E-state index >= 15 is 0 Å². The molecule has 1 aromatic heterocycles. The first-order valence-electron chi connectivity index (χ1n) is 6.37.